The summed E-state index contributed by atoms with van der Waals surface area (Å²) < 4.78 is 7.58. The van der Waals surface area contributed by atoms with Crippen molar-refractivity contribution in [2.75, 3.05) is 0 Å². The third kappa shape index (κ3) is 2.29. The van der Waals surface area contributed by atoms with Crippen molar-refractivity contribution < 1.29 is 4.42 Å². The van der Waals surface area contributed by atoms with Crippen molar-refractivity contribution in [3.8, 4) is 0 Å². The number of furan rings is 1. The number of rotatable bonds is 3. The van der Waals surface area contributed by atoms with Gasteiger partial charge in [-0.05, 0) is 54.1 Å². The number of aromatic nitrogens is 1. The van der Waals surface area contributed by atoms with Gasteiger partial charge >= 0.3 is 0 Å². The van der Waals surface area contributed by atoms with Gasteiger partial charge in [-0.25, -0.2) is 0 Å². The molecule has 0 bridgehead atoms. The van der Waals surface area contributed by atoms with Gasteiger partial charge in [-0.15, -0.1) is 0 Å². The summed E-state index contributed by atoms with van der Waals surface area (Å²) in [5, 5.41) is 1.25. The summed E-state index contributed by atoms with van der Waals surface area (Å²) in [7, 11) is 2.05. The van der Waals surface area contributed by atoms with Crippen molar-refractivity contribution in [2.24, 2.45) is 12.8 Å². The summed E-state index contributed by atoms with van der Waals surface area (Å²) in [5.41, 5.74) is 9.78. The largest absolute Gasteiger partial charge is 0.467 e. The highest BCUT2D eigenvalue weighted by molar-refractivity contribution is 5.80. The summed E-state index contributed by atoms with van der Waals surface area (Å²) in [6.45, 7) is 2.01. The van der Waals surface area contributed by atoms with Crippen molar-refractivity contribution in [3.05, 3.63) is 59.7 Å². The van der Waals surface area contributed by atoms with Crippen LogP contribution in [0, 0.1) is 6.92 Å². The summed E-state index contributed by atoms with van der Waals surface area (Å²) in [6.07, 6.45) is 4.61. The quantitative estimate of drug-likeness (QED) is 0.779. The fourth-order valence-electron chi connectivity index (χ4n) is 2.46. The van der Waals surface area contributed by atoms with Gasteiger partial charge in [0.1, 0.15) is 5.76 Å². The van der Waals surface area contributed by atoms with Crippen LogP contribution in [0.2, 0.25) is 0 Å². The number of aryl methyl sites for hydroxylation is 2. The molecule has 3 nitrogen and oxygen atoms in total. The topological polar surface area (TPSA) is 44.1 Å². The molecule has 0 fully saturated rings. The minimum atomic E-state index is -0.0881. The van der Waals surface area contributed by atoms with Crippen LogP contribution in [-0.4, -0.2) is 4.57 Å². The Morgan fingerprint density at radius 2 is 2.11 bits per heavy atom. The lowest BCUT2D eigenvalue weighted by molar-refractivity contribution is 0.464. The molecule has 0 saturated heterocycles. The molecule has 3 rings (SSSR count). The van der Waals surface area contributed by atoms with Gasteiger partial charge in [-0.3, -0.25) is 0 Å². The van der Waals surface area contributed by atoms with Gasteiger partial charge in [-0.1, -0.05) is 6.07 Å². The molecule has 0 spiro atoms. The molecule has 98 valence electrons. The molecule has 2 N–H and O–H groups in total. The van der Waals surface area contributed by atoms with Crippen molar-refractivity contribution in [2.45, 2.75) is 19.4 Å². The number of fused-ring (bicyclic) bond motifs is 1. The molecule has 3 heteroatoms. The van der Waals surface area contributed by atoms with Gasteiger partial charge < -0.3 is 14.7 Å². The van der Waals surface area contributed by atoms with E-state index in [9.17, 15) is 0 Å². The minimum Gasteiger partial charge on any atom is -0.467 e. The van der Waals surface area contributed by atoms with Crippen molar-refractivity contribution in [3.63, 3.8) is 0 Å². The maximum absolute atomic E-state index is 6.19. The third-order valence-corrected chi connectivity index (χ3v) is 3.52. The first-order valence-corrected chi connectivity index (χ1v) is 6.48. The van der Waals surface area contributed by atoms with Crippen LogP contribution in [0.3, 0.4) is 0 Å². The Kier molecular flexibility index (Phi) is 2.91. The normalized spacial score (nSPS) is 13.0. The molecule has 0 aliphatic rings. The van der Waals surface area contributed by atoms with Gasteiger partial charge in [0, 0.05) is 18.8 Å². The number of nitrogens with zero attached hydrogens (tertiary/aromatic N) is 1. The zero-order valence-electron chi connectivity index (χ0n) is 11.3. The monoisotopic (exact) mass is 254 g/mol. The van der Waals surface area contributed by atoms with E-state index < -0.39 is 0 Å². The lowest BCUT2D eigenvalue weighted by atomic mass is 10.0. The fourth-order valence-corrected chi connectivity index (χ4v) is 2.46. The molecular weight excluding hydrogens is 236 g/mol. The van der Waals surface area contributed by atoms with E-state index in [2.05, 4.69) is 42.1 Å². The second-order valence-electron chi connectivity index (χ2n) is 5.16. The lowest BCUT2D eigenvalue weighted by Crippen LogP contribution is -2.12. The Bertz CT molecular complexity index is 708. The van der Waals surface area contributed by atoms with Gasteiger partial charge in [0.25, 0.3) is 0 Å². The average molecular weight is 254 g/mol. The predicted octanol–water partition coefficient (Wildman–Crippen LogP) is 3.32. The maximum Gasteiger partial charge on any atom is 0.121 e. The van der Waals surface area contributed by atoms with E-state index in [4.69, 9.17) is 10.2 Å². The molecular formula is C16H18N2O. The van der Waals surface area contributed by atoms with Gasteiger partial charge in [0.15, 0.2) is 0 Å². The van der Waals surface area contributed by atoms with Gasteiger partial charge in [0.2, 0.25) is 0 Å². The molecule has 2 heterocycles. The number of hydrogen-bond donors (Lipinski definition) is 1. The van der Waals surface area contributed by atoms with E-state index in [0.717, 1.165) is 17.7 Å². The summed E-state index contributed by atoms with van der Waals surface area (Å²) in [4.78, 5) is 0. The Hall–Kier alpha value is -2.00. The Labute approximate surface area is 112 Å². The molecule has 1 aromatic carbocycles. The van der Waals surface area contributed by atoms with Crippen LogP contribution >= 0.6 is 0 Å². The van der Waals surface area contributed by atoms with Crippen molar-refractivity contribution >= 4 is 10.9 Å². The Balaban J connectivity index is 1.84. The first kappa shape index (κ1) is 12.1. The van der Waals surface area contributed by atoms with Crippen LogP contribution in [0.5, 0.6) is 0 Å². The van der Waals surface area contributed by atoms with E-state index >= 15 is 0 Å². The summed E-state index contributed by atoms with van der Waals surface area (Å²) in [5.74, 6) is 0.852. The molecule has 0 saturated carbocycles. The van der Waals surface area contributed by atoms with E-state index in [-0.39, 0.29) is 6.04 Å². The summed E-state index contributed by atoms with van der Waals surface area (Å²) >= 11 is 0. The van der Waals surface area contributed by atoms with Gasteiger partial charge in [0.05, 0.1) is 12.3 Å². The molecule has 0 aliphatic heterocycles. The fraction of sp³-hybridized carbons (Fsp3) is 0.250. The average Bonchev–Trinajstić information content (AvgIpc) is 2.97. The van der Waals surface area contributed by atoms with Crippen LogP contribution in [-0.2, 0) is 13.5 Å². The highest BCUT2D eigenvalue weighted by Crippen LogP contribution is 2.22. The maximum atomic E-state index is 6.19. The van der Waals surface area contributed by atoms with Crippen molar-refractivity contribution in [1.82, 2.24) is 4.57 Å². The zero-order chi connectivity index (χ0) is 13.4. The Morgan fingerprint density at radius 3 is 2.84 bits per heavy atom. The molecule has 1 unspecified atom stereocenters. The van der Waals surface area contributed by atoms with Crippen LogP contribution in [0.4, 0.5) is 0 Å². The molecule has 3 aromatic rings. The summed E-state index contributed by atoms with van der Waals surface area (Å²) in [6, 6.07) is 10.5. The minimum absolute atomic E-state index is 0.0881. The van der Waals surface area contributed by atoms with E-state index in [1.807, 2.05) is 13.0 Å². The van der Waals surface area contributed by atoms with E-state index in [1.165, 1.54) is 16.5 Å². The molecule has 0 amide bonds. The standard InChI is InChI=1S/C16H18N2O/c1-11-7-16(19-10-11)14(17)9-12-3-4-15-13(8-12)5-6-18(15)2/h3-8,10,14H,9,17H2,1-2H3. The van der Waals surface area contributed by atoms with E-state index in [1.54, 1.807) is 6.26 Å². The van der Waals surface area contributed by atoms with Crippen LogP contribution < -0.4 is 5.73 Å². The lowest BCUT2D eigenvalue weighted by Gasteiger charge is -2.09. The number of nitrogens with two attached hydrogens (primary N) is 1. The molecule has 1 atom stereocenters. The number of benzene rings is 1. The highest BCUT2D eigenvalue weighted by Gasteiger charge is 2.11. The van der Waals surface area contributed by atoms with Crippen LogP contribution in [0.1, 0.15) is 22.9 Å². The van der Waals surface area contributed by atoms with Gasteiger partial charge in [-0.2, -0.15) is 0 Å². The molecule has 0 aliphatic carbocycles. The Morgan fingerprint density at radius 1 is 1.26 bits per heavy atom. The third-order valence-electron chi connectivity index (χ3n) is 3.52. The van der Waals surface area contributed by atoms with E-state index in [0.29, 0.717) is 0 Å². The molecule has 0 radical (unpaired) electrons. The molecule has 2 aromatic heterocycles. The zero-order valence-corrected chi connectivity index (χ0v) is 11.3. The molecule has 19 heavy (non-hydrogen) atoms. The first-order valence-electron chi connectivity index (χ1n) is 6.48. The van der Waals surface area contributed by atoms with Crippen LogP contribution in [0.25, 0.3) is 10.9 Å². The van der Waals surface area contributed by atoms with Crippen LogP contribution in [0.15, 0.2) is 47.2 Å². The number of hydrogen-bond acceptors (Lipinski definition) is 2. The van der Waals surface area contributed by atoms with Crippen molar-refractivity contribution in [1.29, 1.82) is 0 Å². The predicted molar refractivity (Wildman–Crippen MR) is 77.0 cm³/mol. The second kappa shape index (κ2) is 4.59. The second-order valence-corrected chi connectivity index (χ2v) is 5.16. The highest BCUT2D eigenvalue weighted by atomic mass is 16.3. The smallest absolute Gasteiger partial charge is 0.121 e. The SMILES string of the molecule is Cc1coc(C(N)Cc2ccc3c(ccn3C)c2)c1. The first-order chi connectivity index (χ1) is 9.13.